The van der Waals surface area contributed by atoms with E-state index in [-0.39, 0.29) is 5.91 Å². The van der Waals surface area contributed by atoms with Gasteiger partial charge in [0.2, 0.25) is 11.7 Å². The first-order chi connectivity index (χ1) is 15.5. The summed E-state index contributed by atoms with van der Waals surface area (Å²) in [6.07, 6.45) is 5.21. The molecule has 7 nitrogen and oxygen atoms in total. The molecule has 2 aromatic heterocycles. The smallest absolute Gasteiger partial charge is 0.259 e. The molecule has 32 heavy (non-hydrogen) atoms. The van der Waals surface area contributed by atoms with Crippen LogP contribution in [-0.4, -0.2) is 25.8 Å². The summed E-state index contributed by atoms with van der Waals surface area (Å²) in [5.74, 6) is 1.55. The van der Waals surface area contributed by atoms with Crippen molar-refractivity contribution < 1.29 is 9.32 Å². The van der Waals surface area contributed by atoms with Crippen molar-refractivity contribution in [2.75, 3.05) is 5.32 Å². The van der Waals surface area contributed by atoms with Crippen molar-refractivity contribution in [3.05, 3.63) is 75.8 Å². The molecule has 0 bridgehead atoms. The summed E-state index contributed by atoms with van der Waals surface area (Å²) in [5, 5.41) is 11.6. The SMILES string of the molecule is Cc1cc(NC(=O)c2cn(-c3ccc(-c4noc(C5CCC5)n4)cc3)nc2C)ccc1Br. The number of anilines is 1. The number of halogens is 1. The lowest BCUT2D eigenvalue weighted by atomic mass is 9.85. The summed E-state index contributed by atoms with van der Waals surface area (Å²) in [5.41, 5.74) is 4.71. The van der Waals surface area contributed by atoms with Crippen molar-refractivity contribution in [1.82, 2.24) is 19.9 Å². The monoisotopic (exact) mass is 491 g/mol. The number of amides is 1. The zero-order chi connectivity index (χ0) is 22.2. The number of nitrogens with one attached hydrogen (secondary N) is 1. The molecule has 0 atom stereocenters. The van der Waals surface area contributed by atoms with Gasteiger partial charge in [0.1, 0.15) is 0 Å². The fourth-order valence-electron chi connectivity index (χ4n) is 3.67. The first-order valence-corrected chi connectivity index (χ1v) is 11.4. The molecule has 0 radical (unpaired) electrons. The minimum atomic E-state index is -0.192. The van der Waals surface area contributed by atoms with Crippen molar-refractivity contribution in [2.45, 2.75) is 39.0 Å². The van der Waals surface area contributed by atoms with E-state index in [1.165, 1.54) is 6.42 Å². The number of benzene rings is 2. The van der Waals surface area contributed by atoms with E-state index in [4.69, 9.17) is 4.52 Å². The lowest BCUT2D eigenvalue weighted by Gasteiger charge is -2.20. The summed E-state index contributed by atoms with van der Waals surface area (Å²) in [4.78, 5) is 17.3. The van der Waals surface area contributed by atoms with Gasteiger partial charge in [0, 0.05) is 27.8 Å². The molecule has 2 heterocycles. The maximum Gasteiger partial charge on any atom is 0.259 e. The Labute approximate surface area is 194 Å². The van der Waals surface area contributed by atoms with Crippen LogP contribution in [0.25, 0.3) is 17.1 Å². The Balaban J connectivity index is 1.33. The molecule has 1 N–H and O–H groups in total. The number of hydrogen-bond acceptors (Lipinski definition) is 5. The van der Waals surface area contributed by atoms with Crippen molar-refractivity contribution in [1.29, 1.82) is 0 Å². The van der Waals surface area contributed by atoms with Crippen LogP contribution in [0.1, 0.15) is 52.7 Å². The Kier molecular flexibility index (Phi) is 5.38. The quantitative estimate of drug-likeness (QED) is 0.379. The van der Waals surface area contributed by atoms with Crippen LogP contribution in [0.15, 0.2) is 57.7 Å². The molecule has 0 aliphatic heterocycles. The van der Waals surface area contributed by atoms with E-state index < -0.39 is 0 Å². The zero-order valence-electron chi connectivity index (χ0n) is 17.8. The number of carbonyl (C=O) groups is 1. The minimum Gasteiger partial charge on any atom is -0.339 e. The third kappa shape index (κ3) is 3.98. The molecule has 1 amide bonds. The van der Waals surface area contributed by atoms with Gasteiger partial charge >= 0.3 is 0 Å². The van der Waals surface area contributed by atoms with Crippen LogP contribution in [0.3, 0.4) is 0 Å². The molecule has 0 saturated heterocycles. The molecule has 162 valence electrons. The summed E-state index contributed by atoms with van der Waals surface area (Å²) in [6.45, 7) is 3.81. The van der Waals surface area contributed by atoms with Crippen LogP contribution in [-0.2, 0) is 0 Å². The molecule has 0 unspecified atom stereocenters. The second-order valence-electron chi connectivity index (χ2n) is 8.12. The molecule has 1 saturated carbocycles. The molecule has 5 rings (SSSR count). The zero-order valence-corrected chi connectivity index (χ0v) is 19.4. The highest BCUT2D eigenvalue weighted by Gasteiger charge is 2.25. The summed E-state index contributed by atoms with van der Waals surface area (Å²) >= 11 is 3.48. The standard InChI is InChI=1S/C24H22BrN5O2/c1-14-12-18(8-11-21(14)25)26-23(31)20-13-30(28-15(20)2)19-9-6-16(7-10-19)22-27-24(32-29-22)17-4-3-5-17/h6-13,17H,3-5H2,1-2H3,(H,26,31). The summed E-state index contributed by atoms with van der Waals surface area (Å²) < 4.78 is 8.13. The van der Waals surface area contributed by atoms with Gasteiger partial charge in [0.05, 0.1) is 16.9 Å². The highest BCUT2D eigenvalue weighted by atomic mass is 79.9. The van der Waals surface area contributed by atoms with Crippen LogP contribution in [0.2, 0.25) is 0 Å². The van der Waals surface area contributed by atoms with E-state index >= 15 is 0 Å². The number of rotatable bonds is 5. The first-order valence-electron chi connectivity index (χ1n) is 10.6. The van der Waals surface area contributed by atoms with Gasteiger partial charge in [-0.25, -0.2) is 4.68 Å². The molecule has 2 aromatic carbocycles. The molecular formula is C24H22BrN5O2. The Bertz CT molecular complexity index is 1290. The number of aromatic nitrogens is 4. The predicted molar refractivity (Wildman–Crippen MR) is 125 cm³/mol. The van der Waals surface area contributed by atoms with Crippen LogP contribution < -0.4 is 5.32 Å². The van der Waals surface area contributed by atoms with Gasteiger partial charge in [-0.1, -0.05) is 27.5 Å². The highest BCUT2D eigenvalue weighted by molar-refractivity contribution is 9.10. The van der Waals surface area contributed by atoms with Crippen LogP contribution in [0.4, 0.5) is 5.69 Å². The van der Waals surface area contributed by atoms with E-state index in [9.17, 15) is 4.79 Å². The van der Waals surface area contributed by atoms with Crippen molar-refractivity contribution in [2.24, 2.45) is 0 Å². The summed E-state index contributed by atoms with van der Waals surface area (Å²) in [7, 11) is 0. The van der Waals surface area contributed by atoms with Crippen molar-refractivity contribution in [3.63, 3.8) is 0 Å². The van der Waals surface area contributed by atoms with Crippen LogP contribution in [0, 0.1) is 13.8 Å². The van der Waals surface area contributed by atoms with Crippen molar-refractivity contribution >= 4 is 27.5 Å². The van der Waals surface area contributed by atoms with Crippen LogP contribution in [0.5, 0.6) is 0 Å². The minimum absolute atomic E-state index is 0.192. The summed E-state index contributed by atoms with van der Waals surface area (Å²) in [6, 6.07) is 13.4. The molecule has 1 aliphatic rings. The van der Waals surface area contributed by atoms with Crippen molar-refractivity contribution in [3.8, 4) is 17.1 Å². The average Bonchev–Trinajstić information content (AvgIpc) is 3.37. The van der Waals surface area contributed by atoms with E-state index in [0.717, 1.165) is 45.7 Å². The molecule has 1 fully saturated rings. The largest absolute Gasteiger partial charge is 0.339 e. The van der Waals surface area contributed by atoms with Gasteiger partial charge in [-0.2, -0.15) is 10.1 Å². The Hall–Kier alpha value is -3.26. The Morgan fingerprint density at radius 1 is 1.16 bits per heavy atom. The number of hydrogen-bond donors (Lipinski definition) is 1. The Morgan fingerprint density at radius 2 is 1.94 bits per heavy atom. The van der Waals surface area contributed by atoms with E-state index in [1.807, 2.05) is 56.3 Å². The fraction of sp³-hybridized carbons (Fsp3) is 0.250. The predicted octanol–water partition coefficient (Wildman–Crippen LogP) is 5.82. The molecular weight excluding hydrogens is 470 g/mol. The van der Waals surface area contributed by atoms with E-state index in [1.54, 1.807) is 10.9 Å². The van der Waals surface area contributed by atoms with Gasteiger partial charge in [-0.05, 0) is 74.7 Å². The van der Waals surface area contributed by atoms with Gasteiger partial charge < -0.3 is 9.84 Å². The van der Waals surface area contributed by atoms with Gasteiger partial charge in [-0.3, -0.25) is 4.79 Å². The van der Waals surface area contributed by atoms with Gasteiger partial charge in [0.15, 0.2) is 0 Å². The Morgan fingerprint density at radius 3 is 2.62 bits per heavy atom. The molecule has 1 aliphatic carbocycles. The fourth-order valence-corrected chi connectivity index (χ4v) is 3.92. The molecule has 8 heteroatoms. The maximum absolute atomic E-state index is 12.8. The average molecular weight is 492 g/mol. The van der Waals surface area contributed by atoms with E-state index in [2.05, 4.69) is 36.5 Å². The first kappa shape index (κ1) is 20.6. The second-order valence-corrected chi connectivity index (χ2v) is 8.98. The van der Waals surface area contributed by atoms with E-state index in [0.29, 0.717) is 23.0 Å². The number of aryl methyl sites for hydroxylation is 2. The highest BCUT2D eigenvalue weighted by Crippen LogP contribution is 2.36. The third-order valence-electron chi connectivity index (χ3n) is 5.85. The van der Waals surface area contributed by atoms with Crippen LogP contribution >= 0.6 is 15.9 Å². The number of carbonyl (C=O) groups excluding carboxylic acids is 1. The molecule has 0 spiro atoms. The number of nitrogens with zero attached hydrogens (tertiary/aromatic N) is 4. The maximum atomic E-state index is 12.8. The normalized spacial score (nSPS) is 13.7. The lowest BCUT2D eigenvalue weighted by Crippen LogP contribution is -2.12. The topological polar surface area (TPSA) is 85.8 Å². The third-order valence-corrected chi connectivity index (χ3v) is 6.74. The second kappa shape index (κ2) is 8.35. The lowest BCUT2D eigenvalue weighted by molar-refractivity contribution is 0.102. The molecule has 4 aromatic rings. The van der Waals surface area contributed by atoms with Gasteiger partial charge in [-0.15, -0.1) is 0 Å². The van der Waals surface area contributed by atoms with Gasteiger partial charge in [0.25, 0.3) is 5.91 Å².